The van der Waals surface area contributed by atoms with E-state index >= 15 is 0 Å². The third-order valence-corrected chi connectivity index (χ3v) is 4.51. The van der Waals surface area contributed by atoms with Crippen molar-refractivity contribution >= 4 is 11.3 Å². The van der Waals surface area contributed by atoms with Gasteiger partial charge in [-0.1, -0.05) is 12.8 Å². The number of rotatable bonds is 2. The highest BCUT2D eigenvalue weighted by molar-refractivity contribution is 7.08. The number of hydrogen-bond acceptors (Lipinski definition) is 3. The third kappa shape index (κ3) is 2.12. The first-order valence-electron chi connectivity index (χ1n) is 6.38. The van der Waals surface area contributed by atoms with Crippen molar-refractivity contribution in [1.82, 2.24) is 9.97 Å². The van der Waals surface area contributed by atoms with Gasteiger partial charge in [-0.05, 0) is 30.7 Å². The maximum atomic E-state index is 11.8. The van der Waals surface area contributed by atoms with Gasteiger partial charge in [-0.25, -0.2) is 4.98 Å². The molecule has 1 aliphatic carbocycles. The van der Waals surface area contributed by atoms with Crippen molar-refractivity contribution in [2.45, 2.75) is 38.5 Å². The molecule has 0 aliphatic heterocycles. The van der Waals surface area contributed by atoms with Crippen LogP contribution in [-0.2, 0) is 0 Å². The molecule has 1 aliphatic rings. The van der Waals surface area contributed by atoms with Gasteiger partial charge in [0.1, 0.15) is 5.82 Å². The SMILES string of the molecule is Cc1cscc1-c1nc(C2CCCC2)cc(=O)[nH]1. The number of thiophene rings is 1. The van der Waals surface area contributed by atoms with Gasteiger partial charge in [0.2, 0.25) is 0 Å². The molecule has 0 aromatic carbocycles. The van der Waals surface area contributed by atoms with Gasteiger partial charge in [0.05, 0.1) is 5.69 Å². The number of nitrogens with one attached hydrogen (secondary N) is 1. The highest BCUT2D eigenvalue weighted by Gasteiger charge is 2.20. The van der Waals surface area contributed by atoms with Gasteiger partial charge >= 0.3 is 0 Å². The summed E-state index contributed by atoms with van der Waals surface area (Å²) >= 11 is 1.64. The lowest BCUT2D eigenvalue weighted by Crippen LogP contribution is -2.12. The van der Waals surface area contributed by atoms with Crippen LogP contribution in [0.1, 0.15) is 42.9 Å². The lowest BCUT2D eigenvalue weighted by atomic mass is 10.0. The van der Waals surface area contributed by atoms with Gasteiger partial charge in [-0.15, -0.1) is 0 Å². The smallest absolute Gasteiger partial charge is 0.251 e. The molecule has 18 heavy (non-hydrogen) atoms. The zero-order valence-electron chi connectivity index (χ0n) is 10.4. The first-order chi connectivity index (χ1) is 8.74. The zero-order chi connectivity index (χ0) is 12.5. The molecular weight excluding hydrogens is 244 g/mol. The summed E-state index contributed by atoms with van der Waals surface area (Å²) in [5.41, 5.74) is 3.16. The summed E-state index contributed by atoms with van der Waals surface area (Å²) < 4.78 is 0. The molecule has 0 atom stereocenters. The zero-order valence-corrected chi connectivity index (χ0v) is 11.2. The van der Waals surface area contributed by atoms with E-state index in [1.165, 1.54) is 31.2 Å². The molecule has 0 radical (unpaired) electrons. The number of hydrogen-bond donors (Lipinski definition) is 1. The molecule has 1 N–H and O–H groups in total. The van der Waals surface area contributed by atoms with E-state index in [2.05, 4.69) is 15.3 Å². The molecule has 2 aromatic heterocycles. The van der Waals surface area contributed by atoms with Crippen molar-refractivity contribution in [3.63, 3.8) is 0 Å². The largest absolute Gasteiger partial charge is 0.306 e. The fourth-order valence-electron chi connectivity index (χ4n) is 2.64. The lowest BCUT2D eigenvalue weighted by molar-refractivity contribution is 0.693. The minimum Gasteiger partial charge on any atom is -0.306 e. The van der Waals surface area contributed by atoms with Crippen LogP contribution in [0.4, 0.5) is 0 Å². The first kappa shape index (κ1) is 11.7. The molecular formula is C14H16N2OS. The Labute approximate surface area is 110 Å². The molecule has 1 fully saturated rings. The summed E-state index contributed by atoms with van der Waals surface area (Å²) in [6, 6.07) is 1.67. The fraction of sp³-hybridized carbons (Fsp3) is 0.429. The van der Waals surface area contributed by atoms with Gasteiger partial charge in [-0.2, -0.15) is 11.3 Å². The van der Waals surface area contributed by atoms with Crippen LogP contribution in [-0.4, -0.2) is 9.97 Å². The van der Waals surface area contributed by atoms with Crippen molar-refractivity contribution in [1.29, 1.82) is 0 Å². The van der Waals surface area contributed by atoms with E-state index in [9.17, 15) is 4.79 Å². The van der Waals surface area contributed by atoms with E-state index < -0.39 is 0 Å². The summed E-state index contributed by atoms with van der Waals surface area (Å²) in [6.07, 6.45) is 4.84. The van der Waals surface area contributed by atoms with E-state index in [1.807, 2.05) is 12.3 Å². The fourth-order valence-corrected chi connectivity index (χ4v) is 3.47. The lowest BCUT2D eigenvalue weighted by Gasteiger charge is -2.09. The molecule has 0 unspecified atom stereocenters. The molecule has 0 spiro atoms. The highest BCUT2D eigenvalue weighted by Crippen LogP contribution is 2.33. The second-order valence-electron chi connectivity index (χ2n) is 4.97. The molecule has 1 saturated carbocycles. The summed E-state index contributed by atoms with van der Waals surface area (Å²) in [5, 5.41) is 4.13. The van der Waals surface area contributed by atoms with E-state index in [1.54, 1.807) is 17.4 Å². The average molecular weight is 260 g/mol. The molecule has 4 heteroatoms. The van der Waals surface area contributed by atoms with Gasteiger partial charge < -0.3 is 4.98 Å². The number of aromatic nitrogens is 2. The van der Waals surface area contributed by atoms with E-state index in [4.69, 9.17) is 0 Å². The topological polar surface area (TPSA) is 45.8 Å². The van der Waals surface area contributed by atoms with E-state index in [-0.39, 0.29) is 5.56 Å². The van der Waals surface area contributed by atoms with E-state index in [0.29, 0.717) is 5.92 Å². The molecule has 94 valence electrons. The third-order valence-electron chi connectivity index (χ3n) is 3.65. The molecule has 0 bridgehead atoms. The summed E-state index contributed by atoms with van der Waals surface area (Å²) in [6.45, 7) is 2.05. The molecule has 3 nitrogen and oxygen atoms in total. The maximum Gasteiger partial charge on any atom is 0.251 e. The molecule has 0 saturated heterocycles. The predicted octanol–water partition coefficient (Wildman–Crippen LogP) is 3.46. The standard InChI is InChI=1S/C14H16N2OS/c1-9-7-18-8-11(9)14-15-12(6-13(17)16-14)10-4-2-3-5-10/h6-8,10H,2-5H2,1H3,(H,15,16,17). The van der Waals surface area contributed by atoms with Crippen LogP contribution in [0, 0.1) is 6.92 Å². The van der Waals surface area contributed by atoms with Crippen LogP contribution in [0.15, 0.2) is 21.6 Å². The Hall–Kier alpha value is -1.42. The monoisotopic (exact) mass is 260 g/mol. The minimum absolute atomic E-state index is 0.0347. The van der Waals surface area contributed by atoms with Crippen LogP contribution in [0.5, 0.6) is 0 Å². The second kappa shape index (κ2) is 4.69. The molecule has 3 rings (SSSR count). The Morgan fingerprint density at radius 3 is 2.78 bits per heavy atom. The van der Waals surface area contributed by atoms with Crippen LogP contribution in [0.2, 0.25) is 0 Å². The summed E-state index contributed by atoms with van der Waals surface area (Å²) in [7, 11) is 0. The Kier molecular flexibility index (Phi) is 3.04. The summed E-state index contributed by atoms with van der Waals surface area (Å²) in [5.74, 6) is 1.20. The second-order valence-corrected chi connectivity index (χ2v) is 5.71. The van der Waals surface area contributed by atoms with Gasteiger partial charge in [-0.3, -0.25) is 4.79 Å². The van der Waals surface area contributed by atoms with Crippen LogP contribution in [0.3, 0.4) is 0 Å². The number of aryl methyl sites for hydroxylation is 1. The van der Waals surface area contributed by atoms with Crippen molar-refractivity contribution in [2.24, 2.45) is 0 Å². The predicted molar refractivity (Wildman–Crippen MR) is 74.1 cm³/mol. The number of H-pyrrole nitrogens is 1. The quantitative estimate of drug-likeness (QED) is 0.898. The Balaban J connectivity index is 2.06. The maximum absolute atomic E-state index is 11.8. The van der Waals surface area contributed by atoms with Crippen LogP contribution < -0.4 is 5.56 Å². The average Bonchev–Trinajstić information content (AvgIpc) is 2.98. The van der Waals surface area contributed by atoms with Crippen molar-refractivity contribution < 1.29 is 0 Å². The highest BCUT2D eigenvalue weighted by atomic mass is 32.1. The Morgan fingerprint density at radius 1 is 1.33 bits per heavy atom. The van der Waals surface area contributed by atoms with Crippen LogP contribution >= 0.6 is 11.3 Å². The molecule has 0 amide bonds. The van der Waals surface area contributed by atoms with Gasteiger partial charge in [0.15, 0.2) is 0 Å². The Morgan fingerprint density at radius 2 is 2.11 bits per heavy atom. The van der Waals surface area contributed by atoms with Gasteiger partial charge in [0.25, 0.3) is 5.56 Å². The molecule has 2 heterocycles. The van der Waals surface area contributed by atoms with Crippen molar-refractivity contribution in [2.75, 3.05) is 0 Å². The number of nitrogens with zero attached hydrogens (tertiary/aromatic N) is 1. The first-order valence-corrected chi connectivity index (χ1v) is 7.33. The van der Waals surface area contributed by atoms with Crippen molar-refractivity contribution in [3.8, 4) is 11.4 Å². The van der Waals surface area contributed by atoms with Crippen LogP contribution in [0.25, 0.3) is 11.4 Å². The minimum atomic E-state index is -0.0347. The van der Waals surface area contributed by atoms with E-state index in [0.717, 1.165) is 17.1 Å². The number of aromatic amines is 1. The summed E-state index contributed by atoms with van der Waals surface area (Å²) in [4.78, 5) is 19.3. The van der Waals surface area contributed by atoms with Crippen molar-refractivity contribution in [3.05, 3.63) is 38.4 Å². The normalized spacial score (nSPS) is 16.3. The van der Waals surface area contributed by atoms with Gasteiger partial charge in [0, 0.05) is 22.9 Å². The molecule has 2 aromatic rings. The Bertz CT molecular complexity index is 608.